The normalized spacial score (nSPS) is 10.9. The molecule has 27 heavy (non-hydrogen) atoms. The SMILES string of the molecule is Cc1cc(C(=O)Nc2ccc(F)cc2F)ccc1-n1nnc2cccnc21. The van der Waals surface area contributed by atoms with E-state index in [0.717, 1.165) is 17.3 Å². The van der Waals surface area contributed by atoms with Gasteiger partial charge in [0.1, 0.15) is 17.2 Å². The molecule has 0 bridgehead atoms. The van der Waals surface area contributed by atoms with Crippen LogP contribution in [0.25, 0.3) is 16.9 Å². The number of aryl methyl sites for hydroxylation is 1. The van der Waals surface area contributed by atoms with Crippen molar-refractivity contribution < 1.29 is 13.6 Å². The lowest BCUT2D eigenvalue weighted by atomic mass is 10.1. The number of rotatable bonds is 3. The molecule has 2 aromatic heterocycles. The molecule has 0 aliphatic carbocycles. The second-order valence-corrected chi connectivity index (χ2v) is 5.93. The summed E-state index contributed by atoms with van der Waals surface area (Å²) in [5, 5.41) is 10.6. The number of aromatic nitrogens is 4. The average molecular weight is 365 g/mol. The lowest BCUT2D eigenvalue weighted by molar-refractivity contribution is 0.102. The van der Waals surface area contributed by atoms with Gasteiger partial charge in [-0.3, -0.25) is 4.79 Å². The Balaban J connectivity index is 1.64. The van der Waals surface area contributed by atoms with Gasteiger partial charge in [-0.05, 0) is 55.0 Å². The number of carbonyl (C=O) groups is 1. The first-order valence-corrected chi connectivity index (χ1v) is 8.07. The summed E-state index contributed by atoms with van der Waals surface area (Å²) in [5.74, 6) is -2.05. The minimum Gasteiger partial charge on any atom is -0.319 e. The molecule has 2 heterocycles. The first-order chi connectivity index (χ1) is 13.0. The van der Waals surface area contributed by atoms with Gasteiger partial charge in [0.15, 0.2) is 5.65 Å². The Labute approximate surface area is 152 Å². The van der Waals surface area contributed by atoms with Crippen LogP contribution in [-0.2, 0) is 0 Å². The van der Waals surface area contributed by atoms with Crippen LogP contribution in [0.15, 0.2) is 54.7 Å². The van der Waals surface area contributed by atoms with E-state index < -0.39 is 17.5 Å². The molecule has 2 aromatic carbocycles. The van der Waals surface area contributed by atoms with Crippen molar-refractivity contribution in [2.75, 3.05) is 5.32 Å². The Kier molecular flexibility index (Phi) is 4.08. The van der Waals surface area contributed by atoms with E-state index in [1.807, 2.05) is 6.92 Å². The molecule has 4 rings (SSSR count). The van der Waals surface area contributed by atoms with Crippen molar-refractivity contribution in [3.63, 3.8) is 0 Å². The molecule has 0 aliphatic heterocycles. The van der Waals surface area contributed by atoms with Crippen LogP contribution in [0.3, 0.4) is 0 Å². The highest BCUT2D eigenvalue weighted by molar-refractivity contribution is 6.04. The topological polar surface area (TPSA) is 72.7 Å². The molecule has 1 amide bonds. The number of benzene rings is 2. The highest BCUT2D eigenvalue weighted by atomic mass is 19.1. The molecule has 0 fully saturated rings. The predicted molar refractivity (Wildman–Crippen MR) is 95.7 cm³/mol. The van der Waals surface area contributed by atoms with E-state index >= 15 is 0 Å². The zero-order valence-electron chi connectivity index (χ0n) is 14.1. The summed E-state index contributed by atoms with van der Waals surface area (Å²) >= 11 is 0. The van der Waals surface area contributed by atoms with Gasteiger partial charge in [0.25, 0.3) is 5.91 Å². The standard InChI is InChI=1S/C19H13F2N5O/c1-11-9-12(19(27)23-15-6-5-13(20)10-14(15)21)4-7-17(11)26-18-16(24-25-26)3-2-8-22-18/h2-10H,1H3,(H,23,27). The molecule has 0 atom stereocenters. The maximum atomic E-state index is 13.7. The van der Waals surface area contributed by atoms with Crippen LogP contribution in [0.4, 0.5) is 14.5 Å². The lowest BCUT2D eigenvalue weighted by Crippen LogP contribution is -2.14. The van der Waals surface area contributed by atoms with E-state index in [1.54, 1.807) is 41.2 Å². The quantitative estimate of drug-likeness (QED) is 0.601. The lowest BCUT2D eigenvalue weighted by Gasteiger charge is -2.10. The molecular weight excluding hydrogens is 352 g/mol. The molecular formula is C19H13F2N5O. The maximum absolute atomic E-state index is 13.7. The van der Waals surface area contributed by atoms with E-state index in [1.165, 1.54) is 6.07 Å². The van der Waals surface area contributed by atoms with Crippen LogP contribution in [0.5, 0.6) is 0 Å². The summed E-state index contributed by atoms with van der Waals surface area (Å²) in [6, 6.07) is 11.5. The predicted octanol–water partition coefficient (Wildman–Crippen LogP) is 3.65. The summed E-state index contributed by atoms with van der Waals surface area (Å²) in [6.45, 7) is 1.82. The molecule has 4 aromatic rings. The molecule has 8 heteroatoms. The number of hydrogen-bond donors (Lipinski definition) is 1. The zero-order valence-corrected chi connectivity index (χ0v) is 14.1. The molecule has 0 spiro atoms. The Morgan fingerprint density at radius 2 is 1.96 bits per heavy atom. The number of anilines is 1. The van der Waals surface area contributed by atoms with Crippen LogP contribution >= 0.6 is 0 Å². The van der Waals surface area contributed by atoms with Crippen molar-refractivity contribution in [1.29, 1.82) is 0 Å². The molecule has 0 saturated carbocycles. The number of pyridine rings is 1. The molecule has 1 N–H and O–H groups in total. The van der Waals surface area contributed by atoms with Crippen molar-refractivity contribution in [3.05, 3.63) is 77.5 Å². The van der Waals surface area contributed by atoms with Crippen LogP contribution in [-0.4, -0.2) is 25.9 Å². The molecule has 0 radical (unpaired) electrons. The van der Waals surface area contributed by atoms with Gasteiger partial charge in [-0.2, -0.15) is 4.68 Å². The first kappa shape index (κ1) is 16.8. The number of carbonyl (C=O) groups excluding carboxylic acids is 1. The third-order valence-corrected chi connectivity index (χ3v) is 4.08. The molecule has 6 nitrogen and oxygen atoms in total. The number of fused-ring (bicyclic) bond motifs is 1. The molecule has 0 unspecified atom stereocenters. The molecule has 0 saturated heterocycles. The van der Waals surface area contributed by atoms with E-state index in [0.29, 0.717) is 22.8 Å². The number of halogens is 2. The van der Waals surface area contributed by atoms with Gasteiger partial charge in [0.2, 0.25) is 0 Å². The smallest absolute Gasteiger partial charge is 0.255 e. The van der Waals surface area contributed by atoms with Crippen LogP contribution in [0.1, 0.15) is 15.9 Å². The van der Waals surface area contributed by atoms with Crippen LogP contribution in [0, 0.1) is 18.6 Å². The number of nitrogens with one attached hydrogen (secondary N) is 1. The summed E-state index contributed by atoms with van der Waals surface area (Å²) in [7, 11) is 0. The highest BCUT2D eigenvalue weighted by Crippen LogP contribution is 2.21. The summed E-state index contributed by atoms with van der Waals surface area (Å²) < 4.78 is 28.3. The van der Waals surface area contributed by atoms with Crippen molar-refractivity contribution in [2.45, 2.75) is 6.92 Å². The van der Waals surface area contributed by atoms with Gasteiger partial charge in [0, 0.05) is 17.8 Å². The van der Waals surface area contributed by atoms with Gasteiger partial charge in [-0.1, -0.05) is 5.21 Å². The van der Waals surface area contributed by atoms with Crippen LogP contribution in [0.2, 0.25) is 0 Å². The van der Waals surface area contributed by atoms with Gasteiger partial charge in [0.05, 0.1) is 11.4 Å². The first-order valence-electron chi connectivity index (χ1n) is 8.07. The Morgan fingerprint density at radius 1 is 1.11 bits per heavy atom. The third-order valence-electron chi connectivity index (χ3n) is 4.08. The zero-order chi connectivity index (χ0) is 19.0. The minimum atomic E-state index is -0.836. The molecule has 0 aliphatic rings. The minimum absolute atomic E-state index is 0.0883. The van der Waals surface area contributed by atoms with Gasteiger partial charge < -0.3 is 5.32 Å². The molecule has 134 valence electrons. The van der Waals surface area contributed by atoms with E-state index in [2.05, 4.69) is 20.6 Å². The Bertz CT molecular complexity index is 1170. The van der Waals surface area contributed by atoms with E-state index in [-0.39, 0.29) is 5.69 Å². The Hall–Kier alpha value is -3.68. The monoisotopic (exact) mass is 365 g/mol. The van der Waals surface area contributed by atoms with Gasteiger partial charge in [-0.25, -0.2) is 13.8 Å². The number of nitrogens with zero attached hydrogens (tertiary/aromatic N) is 4. The Morgan fingerprint density at radius 3 is 2.74 bits per heavy atom. The summed E-state index contributed by atoms with van der Waals surface area (Å²) in [6.07, 6.45) is 1.65. The fourth-order valence-corrected chi connectivity index (χ4v) is 2.75. The third kappa shape index (κ3) is 3.12. The number of amides is 1. The van der Waals surface area contributed by atoms with Gasteiger partial charge in [-0.15, -0.1) is 5.10 Å². The van der Waals surface area contributed by atoms with Crippen molar-refractivity contribution in [1.82, 2.24) is 20.0 Å². The highest BCUT2D eigenvalue weighted by Gasteiger charge is 2.14. The fourth-order valence-electron chi connectivity index (χ4n) is 2.75. The average Bonchev–Trinajstić information content (AvgIpc) is 3.08. The van der Waals surface area contributed by atoms with E-state index in [4.69, 9.17) is 0 Å². The van der Waals surface area contributed by atoms with E-state index in [9.17, 15) is 13.6 Å². The van der Waals surface area contributed by atoms with Gasteiger partial charge >= 0.3 is 0 Å². The van der Waals surface area contributed by atoms with Crippen molar-refractivity contribution >= 4 is 22.8 Å². The second-order valence-electron chi connectivity index (χ2n) is 5.93. The van der Waals surface area contributed by atoms with Crippen LogP contribution < -0.4 is 5.32 Å². The number of hydrogen-bond acceptors (Lipinski definition) is 4. The van der Waals surface area contributed by atoms with Crippen molar-refractivity contribution in [3.8, 4) is 5.69 Å². The summed E-state index contributed by atoms with van der Waals surface area (Å²) in [4.78, 5) is 16.7. The summed E-state index contributed by atoms with van der Waals surface area (Å²) in [5.41, 5.74) is 2.99. The van der Waals surface area contributed by atoms with Crippen molar-refractivity contribution in [2.24, 2.45) is 0 Å². The fraction of sp³-hybridized carbons (Fsp3) is 0.0526. The maximum Gasteiger partial charge on any atom is 0.255 e. The second kappa shape index (κ2) is 6.56. The largest absolute Gasteiger partial charge is 0.319 e.